The van der Waals surface area contributed by atoms with Gasteiger partial charge in [0.1, 0.15) is 5.75 Å². The highest BCUT2D eigenvalue weighted by molar-refractivity contribution is 5.93. The summed E-state index contributed by atoms with van der Waals surface area (Å²) in [7, 11) is 0. The summed E-state index contributed by atoms with van der Waals surface area (Å²) in [6, 6.07) is 15.0. The van der Waals surface area contributed by atoms with Gasteiger partial charge >= 0.3 is 5.97 Å². The molecule has 0 unspecified atom stereocenters. The zero-order valence-electron chi connectivity index (χ0n) is 13.9. The number of hydrogen-bond acceptors (Lipinski definition) is 4. The van der Waals surface area contributed by atoms with Crippen LogP contribution < -0.4 is 10.1 Å². The zero-order valence-corrected chi connectivity index (χ0v) is 13.9. The number of hydrogen-bond donors (Lipinski definition) is 1. The molecule has 0 radical (unpaired) electrons. The lowest BCUT2D eigenvalue weighted by atomic mass is 10.2. The van der Waals surface area contributed by atoms with E-state index in [-0.39, 0.29) is 25.5 Å². The second-order valence-corrected chi connectivity index (χ2v) is 5.39. The molecule has 5 heteroatoms. The summed E-state index contributed by atoms with van der Waals surface area (Å²) in [5.74, 6) is -0.0939. The molecule has 0 aliphatic carbocycles. The van der Waals surface area contributed by atoms with Crippen LogP contribution in [0.2, 0.25) is 0 Å². The van der Waals surface area contributed by atoms with E-state index in [2.05, 4.69) is 5.32 Å². The number of carbonyl (C=O) groups is 2. The van der Waals surface area contributed by atoms with Crippen molar-refractivity contribution in [1.82, 2.24) is 0 Å². The second-order valence-electron chi connectivity index (χ2n) is 5.39. The van der Waals surface area contributed by atoms with Crippen molar-refractivity contribution >= 4 is 17.6 Å². The highest BCUT2D eigenvalue weighted by Gasteiger charge is 2.09. The van der Waals surface area contributed by atoms with Gasteiger partial charge in [0.2, 0.25) is 0 Å². The van der Waals surface area contributed by atoms with Gasteiger partial charge in [0.05, 0.1) is 13.0 Å². The number of anilines is 1. The number of nitrogens with one attached hydrogen (secondary N) is 1. The molecule has 0 spiro atoms. The van der Waals surface area contributed by atoms with E-state index in [1.165, 1.54) is 0 Å². The van der Waals surface area contributed by atoms with E-state index in [1.54, 1.807) is 6.07 Å². The van der Waals surface area contributed by atoms with E-state index >= 15 is 0 Å². The number of aryl methyl sites for hydroxylation is 2. The summed E-state index contributed by atoms with van der Waals surface area (Å²) in [5.41, 5.74) is 2.66. The predicted octanol–water partition coefficient (Wildman–Crippen LogP) is 3.25. The number of rotatable bonds is 7. The Balaban J connectivity index is 1.68. The molecule has 0 fully saturated rings. The Kier molecular flexibility index (Phi) is 6.37. The summed E-state index contributed by atoms with van der Waals surface area (Å²) in [5, 5.41) is 2.71. The molecule has 0 saturated heterocycles. The van der Waals surface area contributed by atoms with Crippen molar-refractivity contribution in [3.63, 3.8) is 0 Å². The van der Waals surface area contributed by atoms with Crippen LogP contribution in [0.3, 0.4) is 0 Å². The fraction of sp³-hybridized carbons (Fsp3) is 0.263. The summed E-state index contributed by atoms with van der Waals surface area (Å²) >= 11 is 0. The monoisotopic (exact) mass is 327 g/mol. The Hall–Kier alpha value is -2.82. The first-order chi connectivity index (χ1) is 11.6. The number of carbonyl (C=O) groups excluding carboxylic acids is 2. The molecule has 2 rings (SSSR count). The molecule has 1 amide bonds. The Labute approximate surface area is 141 Å². The minimum atomic E-state index is -0.469. The maximum absolute atomic E-state index is 11.8. The number of para-hydroxylation sites is 2. The Morgan fingerprint density at radius 1 is 0.958 bits per heavy atom. The molecule has 0 saturated carbocycles. The molecule has 2 aromatic rings. The van der Waals surface area contributed by atoms with E-state index < -0.39 is 5.97 Å². The molecule has 24 heavy (non-hydrogen) atoms. The van der Waals surface area contributed by atoms with E-state index in [0.29, 0.717) is 5.69 Å². The van der Waals surface area contributed by atoms with E-state index in [1.807, 2.05) is 56.3 Å². The van der Waals surface area contributed by atoms with Crippen LogP contribution in [0.4, 0.5) is 5.69 Å². The van der Waals surface area contributed by atoms with Gasteiger partial charge < -0.3 is 14.8 Å². The zero-order chi connectivity index (χ0) is 17.4. The molecule has 0 aromatic heterocycles. The topological polar surface area (TPSA) is 64.6 Å². The van der Waals surface area contributed by atoms with Gasteiger partial charge in [0.25, 0.3) is 5.91 Å². The molecule has 2 aromatic carbocycles. The Bertz CT molecular complexity index is 712. The van der Waals surface area contributed by atoms with Gasteiger partial charge in [0.15, 0.2) is 6.61 Å². The molecule has 0 aliphatic rings. The van der Waals surface area contributed by atoms with E-state index in [0.717, 1.165) is 16.9 Å². The quantitative estimate of drug-likeness (QED) is 0.793. The number of amides is 1. The van der Waals surface area contributed by atoms with Gasteiger partial charge in [-0.05, 0) is 37.1 Å². The van der Waals surface area contributed by atoms with Gasteiger partial charge in [-0.1, -0.05) is 36.4 Å². The first-order valence-electron chi connectivity index (χ1n) is 7.76. The molecular weight excluding hydrogens is 306 g/mol. The SMILES string of the molecule is Cc1ccccc1NC(=O)COC(=O)CCOc1ccccc1C. The molecule has 1 N–H and O–H groups in total. The van der Waals surface area contributed by atoms with E-state index in [9.17, 15) is 9.59 Å². The number of esters is 1. The molecular formula is C19H21NO4. The van der Waals surface area contributed by atoms with Crippen molar-refractivity contribution in [2.24, 2.45) is 0 Å². The van der Waals surface area contributed by atoms with Crippen LogP contribution >= 0.6 is 0 Å². The van der Waals surface area contributed by atoms with Crippen LogP contribution in [0.5, 0.6) is 5.75 Å². The highest BCUT2D eigenvalue weighted by atomic mass is 16.5. The molecule has 5 nitrogen and oxygen atoms in total. The van der Waals surface area contributed by atoms with Crippen LogP contribution in [0.1, 0.15) is 17.5 Å². The van der Waals surface area contributed by atoms with E-state index in [4.69, 9.17) is 9.47 Å². The first kappa shape index (κ1) is 17.5. The normalized spacial score (nSPS) is 10.1. The molecule has 0 aliphatic heterocycles. The van der Waals surface area contributed by atoms with Crippen LogP contribution in [0.25, 0.3) is 0 Å². The largest absolute Gasteiger partial charge is 0.493 e. The standard InChI is InChI=1S/C19H21NO4/c1-14-7-3-5-9-16(14)20-18(21)13-24-19(22)11-12-23-17-10-6-4-8-15(17)2/h3-10H,11-13H2,1-2H3,(H,20,21). The van der Waals surface area contributed by atoms with Crippen LogP contribution in [-0.2, 0) is 14.3 Å². The first-order valence-corrected chi connectivity index (χ1v) is 7.76. The lowest BCUT2D eigenvalue weighted by molar-refractivity contribution is -0.147. The van der Waals surface area contributed by atoms with Gasteiger partial charge in [-0.15, -0.1) is 0 Å². The average Bonchev–Trinajstić information content (AvgIpc) is 2.57. The number of ether oxygens (including phenoxy) is 2. The third kappa shape index (κ3) is 5.43. The van der Waals surface area contributed by atoms with Crippen LogP contribution in [-0.4, -0.2) is 25.1 Å². The highest BCUT2D eigenvalue weighted by Crippen LogP contribution is 2.16. The predicted molar refractivity (Wildman–Crippen MR) is 92.1 cm³/mol. The summed E-state index contributed by atoms with van der Waals surface area (Å²) in [6.07, 6.45) is 0.0893. The van der Waals surface area contributed by atoms with Crippen molar-refractivity contribution in [2.45, 2.75) is 20.3 Å². The summed E-state index contributed by atoms with van der Waals surface area (Å²) < 4.78 is 10.5. The molecule has 0 atom stereocenters. The molecule has 0 heterocycles. The maximum atomic E-state index is 11.8. The van der Waals surface area contributed by atoms with Crippen molar-refractivity contribution in [2.75, 3.05) is 18.5 Å². The second kappa shape index (κ2) is 8.72. The van der Waals surface area contributed by atoms with Gasteiger partial charge in [-0.2, -0.15) is 0 Å². The fourth-order valence-corrected chi connectivity index (χ4v) is 2.08. The summed E-state index contributed by atoms with van der Waals surface area (Å²) in [6.45, 7) is 3.73. The van der Waals surface area contributed by atoms with Gasteiger partial charge in [-0.3, -0.25) is 9.59 Å². The maximum Gasteiger partial charge on any atom is 0.309 e. The van der Waals surface area contributed by atoms with Gasteiger partial charge in [0, 0.05) is 5.69 Å². The Morgan fingerprint density at radius 3 is 2.33 bits per heavy atom. The Morgan fingerprint density at radius 2 is 1.62 bits per heavy atom. The minimum Gasteiger partial charge on any atom is -0.493 e. The molecule has 0 bridgehead atoms. The van der Waals surface area contributed by atoms with Crippen molar-refractivity contribution < 1.29 is 19.1 Å². The minimum absolute atomic E-state index is 0.0893. The van der Waals surface area contributed by atoms with Gasteiger partial charge in [-0.25, -0.2) is 0 Å². The van der Waals surface area contributed by atoms with Crippen molar-refractivity contribution in [3.8, 4) is 5.75 Å². The third-order valence-corrected chi connectivity index (χ3v) is 3.44. The van der Waals surface area contributed by atoms with Crippen LogP contribution in [0, 0.1) is 13.8 Å². The van der Waals surface area contributed by atoms with Crippen LogP contribution in [0.15, 0.2) is 48.5 Å². The smallest absolute Gasteiger partial charge is 0.309 e. The van der Waals surface area contributed by atoms with Crippen molar-refractivity contribution in [3.05, 3.63) is 59.7 Å². The average molecular weight is 327 g/mol. The number of benzene rings is 2. The van der Waals surface area contributed by atoms with Crippen molar-refractivity contribution in [1.29, 1.82) is 0 Å². The fourth-order valence-electron chi connectivity index (χ4n) is 2.08. The lowest BCUT2D eigenvalue weighted by Gasteiger charge is -2.10. The third-order valence-electron chi connectivity index (χ3n) is 3.44. The molecule has 126 valence electrons. The summed E-state index contributed by atoms with van der Waals surface area (Å²) in [4.78, 5) is 23.4. The lowest BCUT2D eigenvalue weighted by Crippen LogP contribution is -2.22.